The number of fused-ring (bicyclic) bond motifs is 3. The number of nitrogens with zero attached hydrogens (tertiary/aromatic N) is 1. The highest BCUT2D eigenvalue weighted by Gasteiger charge is 2.32. The number of aryl methyl sites for hydroxylation is 1. The van der Waals surface area contributed by atoms with Gasteiger partial charge in [-0.1, -0.05) is 65.7 Å². The summed E-state index contributed by atoms with van der Waals surface area (Å²) in [6.45, 7) is 2.03. The molecule has 3 nitrogen and oxygen atoms in total. The molecule has 0 radical (unpaired) electrons. The SMILES string of the molecule is Cc1ccc([C@H]2C(C#N)=C(N)Oc3c2cc(Cl)c2ccccc32)cc1. The number of allylic oxidation sites excluding steroid dienone is 1. The molecular weight excluding hydrogens is 332 g/mol. The van der Waals surface area contributed by atoms with E-state index in [4.69, 9.17) is 22.1 Å². The number of nitriles is 1. The van der Waals surface area contributed by atoms with Gasteiger partial charge in [-0.2, -0.15) is 5.26 Å². The lowest BCUT2D eigenvalue weighted by Crippen LogP contribution is -2.21. The molecule has 1 atom stereocenters. The van der Waals surface area contributed by atoms with Crippen molar-refractivity contribution in [3.05, 3.63) is 87.8 Å². The smallest absolute Gasteiger partial charge is 0.205 e. The number of rotatable bonds is 1. The molecule has 4 rings (SSSR count). The summed E-state index contributed by atoms with van der Waals surface area (Å²) in [6.07, 6.45) is 0. The van der Waals surface area contributed by atoms with Gasteiger partial charge in [0.15, 0.2) is 0 Å². The fraction of sp³-hybridized carbons (Fsp3) is 0.0952. The quantitative estimate of drug-likeness (QED) is 0.673. The van der Waals surface area contributed by atoms with Crippen molar-refractivity contribution in [1.29, 1.82) is 5.26 Å². The minimum atomic E-state index is -0.295. The van der Waals surface area contributed by atoms with Crippen LogP contribution in [-0.2, 0) is 0 Å². The van der Waals surface area contributed by atoms with Gasteiger partial charge in [0, 0.05) is 21.4 Å². The average molecular weight is 347 g/mol. The van der Waals surface area contributed by atoms with E-state index in [1.165, 1.54) is 0 Å². The molecule has 0 saturated heterocycles. The van der Waals surface area contributed by atoms with Crippen LogP contribution in [0.25, 0.3) is 10.8 Å². The van der Waals surface area contributed by atoms with Gasteiger partial charge >= 0.3 is 0 Å². The van der Waals surface area contributed by atoms with Crippen molar-refractivity contribution in [3.8, 4) is 11.8 Å². The molecule has 1 aliphatic heterocycles. The first-order valence-electron chi connectivity index (χ1n) is 7.95. The molecule has 0 fully saturated rings. The van der Waals surface area contributed by atoms with Crippen LogP contribution in [0.2, 0.25) is 5.02 Å². The van der Waals surface area contributed by atoms with Gasteiger partial charge in [0.05, 0.1) is 5.92 Å². The Hall–Kier alpha value is -2.96. The maximum absolute atomic E-state index is 9.66. The molecule has 2 N–H and O–H groups in total. The standard InChI is InChI=1S/C21H15ClN2O/c1-12-6-8-13(9-7-12)19-16-10-18(22)14-4-2-3-5-15(14)20(16)25-21(24)17(19)11-23/h2-10,19H,24H2,1H3/t19-/m1/s1. The second kappa shape index (κ2) is 5.84. The Morgan fingerprint density at radius 2 is 1.76 bits per heavy atom. The summed E-state index contributed by atoms with van der Waals surface area (Å²) in [5, 5.41) is 12.1. The summed E-state index contributed by atoms with van der Waals surface area (Å²) in [6, 6.07) is 19.9. The summed E-state index contributed by atoms with van der Waals surface area (Å²) in [4.78, 5) is 0. The number of ether oxygens (including phenoxy) is 1. The molecule has 1 aliphatic rings. The summed E-state index contributed by atoms with van der Waals surface area (Å²) in [5.74, 6) is 0.520. The molecule has 0 bridgehead atoms. The third kappa shape index (κ3) is 2.43. The molecular formula is C21H15ClN2O. The molecule has 0 spiro atoms. The van der Waals surface area contributed by atoms with Crippen LogP contribution < -0.4 is 10.5 Å². The number of hydrogen-bond donors (Lipinski definition) is 1. The van der Waals surface area contributed by atoms with Crippen LogP contribution in [0, 0.1) is 18.3 Å². The molecule has 0 aliphatic carbocycles. The van der Waals surface area contributed by atoms with Crippen LogP contribution in [0.5, 0.6) is 5.75 Å². The zero-order valence-electron chi connectivity index (χ0n) is 13.6. The molecule has 0 amide bonds. The van der Waals surface area contributed by atoms with Crippen LogP contribution in [0.4, 0.5) is 0 Å². The van der Waals surface area contributed by atoms with Gasteiger partial charge < -0.3 is 10.5 Å². The normalized spacial score (nSPS) is 16.3. The molecule has 122 valence electrons. The van der Waals surface area contributed by atoms with Crippen molar-refractivity contribution >= 4 is 22.4 Å². The first kappa shape index (κ1) is 15.6. The Morgan fingerprint density at radius 3 is 2.44 bits per heavy atom. The summed E-state index contributed by atoms with van der Waals surface area (Å²) >= 11 is 6.51. The third-order valence-corrected chi connectivity index (χ3v) is 4.89. The van der Waals surface area contributed by atoms with E-state index >= 15 is 0 Å². The summed E-state index contributed by atoms with van der Waals surface area (Å²) in [5.41, 5.74) is 9.50. The van der Waals surface area contributed by atoms with Gasteiger partial charge in [0.2, 0.25) is 5.88 Å². The van der Waals surface area contributed by atoms with E-state index in [2.05, 4.69) is 6.07 Å². The lowest BCUT2D eigenvalue weighted by atomic mass is 9.82. The fourth-order valence-corrected chi connectivity index (χ4v) is 3.62. The summed E-state index contributed by atoms with van der Waals surface area (Å²) in [7, 11) is 0. The largest absolute Gasteiger partial charge is 0.440 e. The molecule has 3 aromatic carbocycles. The van der Waals surface area contributed by atoms with E-state index in [-0.39, 0.29) is 11.8 Å². The maximum atomic E-state index is 9.66. The Labute approximate surface area is 150 Å². The molecule has 1 heterocycles. The van der Waals surface area contributed by atoms with Gasteiger partial charge in [-0.3, -0.25) is 0 Å². The van der Waals surface area contributed by atoms with Gasteiger partial charge in [0.25, 0.3) is 0 Å². The molecule has 0 unspecified atom stereocenters. The zero-order valence-corrected chi connectivity index (χ0v) is 14.3. The van der Waals surface area contributed by atoms with Crippen molar-refractivity contribution in [2.24, 2.45) is 5.73 Å². The molecule has 25 heavy (non-hydrogen) atoms. The van der Waals surface area contributed by atoms with E-state index in [0.29, 0.717) is 16.3 Å². The highest BCUT2D eigenvalue weighted by molar-refractivity contribution is 6.36. The lowest BCUT2D eigenvalue weighted by Gasteiger charge is -2.28. The maximum Gasteiger partial charge on any atom is 0.205 e. The average Bonchev–Trinajstić information content (AvgIpc) is 2.63. The van der Waals surface area contributed by atoms with Crippen LogP contribution in [0.15, 0.2) is 66.1 Å². The predicted molar refractivity (Wildman–Crippen MR) is 99.4 cm³/mol. The highest BCUT2D eigenvalue weighted by Crippen LogP contribution is 2.47. The summed E-state index contributed by atoms with van der Waals surface area (Å²) < 4.78 is 5.86. The van der Waals surface area contributed by atoms with Gasteiger partial charge in [0.1, 0.15) is 17.4 Å². The zero-order chi connectivity index (χ0) is 17.6. The van der Waals surface area contributed by atoms with Crippen molar-refractivity contribution in [1.82, 2.24) is 0 Å². The van der Waals surface area contributed by atoms with Crippen LogP contribution in [-0.4, -0.2) is 0 Å². The van der Waals surface area contributed by atoms with E-state index < -0.39 is 0 Å². The van der Waals surface area contributed by atoms with Crippen molar-refractivity contribution in [2.45, 2.75) is 12.8 Å². The first-order chi connectivity index (χ1) is 12.1. The Balaban J connectivity index is 2.04. The number of hydrogen-bond acceptors (Lipinski definition) is 3. The number of nitrogens with two attached hydrogens (primary N) is 1. The van der Waals surface area contributed by atoms with E-state index in [1.54, 1.807) is 0 Å². The van der Waals surface area contributed by atoms with E-state index in [0.717, 1.165) is 27.5 Å². The Bertz CT molecular complexity index is 1060. The van der Waals surface area contributed by atoms with Gasteiger partial charge in [-0.05, 0) is 18.6 Å². The Morgan fingerprint density at radius 1 is 1.08 bits per heavy atom. The lowest BCUT2D eigenvalue weighted by molar-refractivity contribution is 0.398. The van der Waals surface area contributed by atoms with Crippen molar-refractivity contribution in [2.75, 3.05) is 0 Å². The first-order valence-corrected chi connectivity index (χ1v) is 8.33. The monoisotopic (exact) mass is 346 g/mol. The van der Waals surface area contributed by atoms with Crippen LogP contribution in [0.1, 0.15) is 22.6 Å². The number of halogens is 1. The predicted octanol–water partition coefficient (Wildman–Crippen LogP) is 5.02. The Kier molecular flexibility index (Phi) is 3.63. The van der Waals surface area contributed by atoms with Crippen LogP contribution >= 0.6 is 11.6 Å². The second-order valence-corrected chi connectivity index (χ2v) is 6.57. The van der Waals surface area contributed by atoms with Gasteiger partial charge in [-0.25, -0.2) is 0 Å². The van der Waals surface area contributed by atoms with Gasteiger partial charge in [-0.15, -0.1) is 0 Å². The third-order valence-electron chi connectivity index (χ3n) is 4.58. The molecule has 0 saturated carbocycles. The number of benzene rings is 3. The molecule has 0 aromatic heterocycles. The topological polar surface area (TPSA) is 59.0 Å². The minimum Gasteiger partial charge on any atom is -0.440 e. The fourth-order valence-electron chi connectivity index (χ4n) is 3.34. The highest BCUT2D eigenvalue weighted by atomic mass is 35.5. The van der Waals surface area contributed by atoms with Crippen LogP contribution in [0.3, 0.4) is 0 Å². The molecule has 3 aromatic rings. The van der Waals surface area contributed by atoms with Crippen molar-refractivity contribution < 1.29 is 4.74 Å². The van der Waals surface area contributed by atoms with Crippen molar-refractivity contribution in [3.63, 3.8) is 0 Å². The molecule has 4 heteroatoms. The second-order valence-electron chi connectivity index (χ2n) is 6.16. The van der Waals surface area contributed by atoms with E-state index in [9.17, 15) is 5.26 Å². The van der Waals surface area contributed by atoms with E-state index in [1.807, 2.05) is 61.5 Å². The minimum absolute atomic E-state index is 0.146.